The lowest BCUT2D eigenvalue weighted by atomic mass is 9.95. The minimum Gasteiger partial charge on any atom is -0.396 e. The van der Waals surface area contributed by atoms with Crippen molar-refractivity contribution in [1.29, 1.82) is 10.5 Å². The Balaban J connectivity index is 2.21. The molecule has 2 rings (SSSR count). The fourth-order valence-corrected chi connectivity index (χ4v) is 3.12. The number of nitriles is 2. The Bertz CT molecular complexity index is 486. The van der Waals surface area contributed by atoms with Gasteiger partial charge in [0.2, 0.25) is 0 Å². The van der Waals surface area contributed by atoms with Crippen LogP contribution in [0.3, 0.4) is 0 Å². The number of anilines is 2. The van der Waals surface area contributed by atoms with E-state index in [4.69, 9.17) is 16.3 Å². The maximum Gasteiger partial charge on any atom is 0.131 e. The van der Waals surface area contributed by atoms with Crippen LogP contribution in [0.15, 0.2) is 0 Å². The quantitative estimate of drug-likeness (QED) is 0.840. The number of nitrogens with one attached hydrogen (secondary N) is 1. The normalized spacial score (nSPS) is 16.1. The first-order valence-electron chi connectivity index (χ1n) is 5.75. The van der Waals surface area contributed by atoms with E-state index in [9.17, 15) is 0 Å². The summed E-state index contributed by atoms with van der Waals surface area (Å²) in [6.45, 7) is 0. The summed E-state index contributed by atoms with van der Waals surface area (Å²) in [5, 5.41) is 22.1. The molecule has 17 heavy (non-hydrogen) atoms. The molecule has 1 saturated carbocycles. The highest BCUT2D eigenvalue weighted by atomic mass is 32.1. The van der Waals surface area contributed by atoms with Crippen LogP contribution in [0.4, 0.5) is 10.7 Å². The van der Waals surface area contributed by atoms with Gasteiger partial charge in [0, 0.05) is 6.04 Å². The molecule has 1 aliphatic carbocycles. The number of nitrogens with two attached hydrogens (primary N) is 1. The second kappa shape index (κ2) is 5.07. The van der Waals surface area contributed by atoms with Crippen molar-refractivity contribution >= 4 is 22.0 Å². The van der Waals surface area contributed by atoms with Crippen LogP contribution in [0, 0.1) is 22.7 Å². The molecule has 4 nitrogen and oxygen atoms in total. The van der Waals surface area contributed by atoms with E-state index in [0.29, 0.717) is 22.2 Å². The van der Waals surface area contributed by atoms with E-state index >= 15 is 0 Å². The number of rotatable bonds is 2. The first-order valence-corrected chi connectivity index (χ1v) is 6.57. The number of thiophene rings is 1. The van der Waals surface area contributed by atoms with Gasteiger partial charge in [-0.3, -0.25) is 0 Å². The summed E-state index contributed by atoms with van der Waals surface area (Å²) in [7, 11) is 0. The Morgan fingerprint density at radius 2 is 1.88 bits per heavy atom. The maximum atomic E-state index is 9.06. The molecule has 0 atom stereocenters. The highest BCUT2D eigenvalue weighted by Crippen LogP contribution is 2.36. The van der Waals surface area contributed by atoms with Crippen molar-refractivity contribution in [3.63, 3.8) is 0 Å². The molecule has 5 heteroatoms. The van der Waals surface area contributed by atoms with E-state index in [1.54, 1.807) is 0 Å². The zero-order valence-corrected chi connectivity index (χ0v) is 10.3. The minimum absolute atomic E-state index is 0.318. The molecular formula is C12H14N4S. The summed E-state index contributed by atoms with van der Waals surface area (Å²) in [4.78, 5) is 0.430. The van der Waals surface area contributed by atoms with Gasteiger partial charge in [0.25, 0.3) is 0 Å². The van der Waals surface area contributed by atoms with Crippen molar-refractivity contribution in [1.82, 2.24) is 0 Å². The molecule has 1 fully saturated rings. The average molecular weight is 246 g/mol. The van der Waals surface area contributed by atoms with Crippen molar-refractivity contribution in [3.05, 3.63) is 10.4 Å². The molecule has 1 heterocycles. The Hall–Kier alpha value is -1.72. The average Bonchev–Trinajstić information content (AvgIpc) is 2.66. The summed E-state index contributed by atoms with van der Waals surface area (Å²) in [6, 6.07) is 4.53. The lowest BCUT2D eigenvalue weighted by Crippen LogP contribution is -2.22. The van der Waals surface area contributed by atoms with Gasteiger partial charge >= 0.3 is 0 Å². The fraction of sp³-hybridized carbons (Fsp3) is 0.500. The van der Waals surface area contributed by atoms with Crippen molar-refractivity contribution in [2.24, 2.45) is 0 Å². The van der Waals surface area contributed by atoms with Crippen molar-refractivity contribution < 1.29 is 0 Å². The molecule has 1 aromatic rings. The summed E-state index contributed by atoms with van der Waals surface area (Å²) in [5.74, 6) is 0. The molecule has 0 saturated heterocycles. The molecule has 0 spiro atoms. The zero-order chi connectivity index (χ0) is 12.3. The lowest BCUT2D eigenvalue weighted by molar-refractivity contribution is 0.463. The van der Waals surface area contributed by atoms with E-state index in [-0.39, 0.29) is 0 Å². The van der Waals surface area contributed by atoms with Crippen LogP contribution in [-0.4, -0.2) is 6.04 Å². The Kier molecular flexibility index (Phi) is 3.51. The van der Waals surface area contributed by atoms with Gasteiger partial charge in [-0.2, -0.15) is 10.5 Å². The van der Waals surface area contributed by atoms with Crippen LogP contribution < -0.4 is 11.1 Å². The maximum absolute atomic E-state index is 9.06. The smallest absolute Gasteiger partial charge is 0.131 e. The fourth-order valence-electron chi connectivity index (χ4n) is 2.17. The second-order valence-corrected chi connectivity index (χ2v) is 5.27. The van der Waals surface area contributed by atoms with E-state index in [2.05, 4.69) is 11.4 Å². The van der Waals surface area contributed by atoms with Gasteiger partial charge in [-0.1, -0.05) is 19.3 Å². The number of hydrogen-bond acceptors (Lipinski definition) is 5. The molecular weight excluding hydrogens is 232 g/mol. The standard InChI is InChI=1S/C12H14N4S/c13-6-9-11(15)10(7-14)17-12(9)16-8-4-2-1-3-5-8/h8,16H,1-5,15H2. The van der Waals surface area contributed by atoms with Gasteiger partial charge in [-0.25, -0.2) is 0 Å². The van der Waals surface area contributed by atoms with E-state index < -0.39 is 0 Å². The largest absolute Gasteiger partial charge is 0.396 e. The summed E-state index contributed by atoms with van der Waals surface area (Å²) in [6.07, 6.45) is 6.01. The molecule has 3 N–H and O–H groups in total. The van der Waals surface area contributed by atoms with E-state index in [1.807, 2.05) is 6.07 Å². The van der Waals surface area contributed by atoms with Crippen LogP contribution in [0.2, 0.25) is 0 Å². The molecule has 0 unspecified atom stereocenters. The Morgan fingerprint density at radius 3 is 2.47 bits per heavy atom. The third kappa shape index (κ3) is 2.35. The Morgan fingerprint density at radius 1 is 1.18 bits per heavy atom. The van der Waals surface area contributed by atoms with Gasteiger partial charge in [-0.05, 0) is 12.8 Å². The number of hydrogen-bond donors (Lipinski definition) is 2. The summed E-state index contributed by atoms with van der Waals surface area (Å²) in [5.41, 5.74) is 6.50. The van der Waals surface area contributed by atoms with E-state index in [1.165, 1.54) is 30.6 Å². The van der Waals surface area contributed by atoms with Crippen LogP contribution >= 0.6 is 11.3 Å². The highest BCUT2D eigenvalue weighted by molar-refractivity contribution is 7.17. The highest BCUT2D eigenvalue weighted by Gasteiger charge is 2.19. The summed E-state index contributed by atoms with van der Waals surface area (Å²) >= 11 is 1.28. The number of nitrogens with zero attached hydrogens (tertiary/aromatic N) is 2. The number of nitrogen functional groups attached to an aromatic ring is 1. The third-order valence-electron chi connectivity index (χ3n) is 3.10. The lowest BCUT2D eigenvalue weighted by Gasteiger charge is -2.23. The molecule has 0 bridgehead atoms. The van der Waals surface area contributed by atoms with Crippen molar-refractivity contribution in [2.45, 2.75) is 38.1 Å². The second-order valence-electron chi connectivity index (χ2n) is 4.25. The third-order valence-corrected chi connectivity index (χ3v) is 4.14. The summed E-state index contributed by atoms with van der Waals surface area (Å²) < 4.78 is 0. The van der Waals surface area contributed by atoms with Gasteiger partial charge in [0.1, 0.15) is 27.6 Å². The SMILES string of the molecule is N#Cc1sc(NC2CCCCC2)c(C#N)c1N. The molecule has 1 aromatic heterocycles. The Labute approximate surface area is 105 Å². The molecule has 0 aromatic carbocycles. The van der Waals surface area contributed by atoms with Gasteiger partial charge in [0.05, 0.1) is 5.69 Å². The predicted octanol–water partition coefficient (Wildman–Crippen LogP) is 2.82. The predicted molar refractivity (Wildman–Crippen MR) is 68.7 cm³/mol. The van der Waals surface area contributed by atoms with E-state index in [0.717, 1.165) is 17.8 Å². The zero-order valence-electron chi connectivity index (χ0n) is 9.49. The van der Waals surface area contributed by atoms with Crippen LogP contribution in [0.1, 0.15) is 42.5 Å². The van der Waals surface area contributed by atoms with Gasteiger partial charge < -0.3 is 11.1 Å². The molecule has 1 aliphatic rings. The van der Waals surface area contributed by atoms with Gasteiger partial charge in [0.15, 0.2) is 0 Å². The first-order chi connectivity index (χ1) is 8.26. The minimum atomic E-state index is 0.318. The molecule has 88 valence electrons. The molecule has 0 amide bonds. The monoisotopic (exact) mass is 246 g/mol. The van der Waals surface area contributed by atoms with Crippen molar-refractivity contribution in [3.8, 4) is 12.1 Å². The van der Waals surface area contributed by atoms with Crippen LogP contribution in [0.5, 0.6) is 0 Å². The van der Waals surface area contributed by atoms with Gasteiger partial charge in [-0.15, -0.1) is 11.3 Å². The first kappa shape index (κ1) is 11.8. The van der Waals surface area contributed by atoms with Crippen LogP contribution in [0.25, 0.3) is 0 Å². The molecule has 0 radical (unpaired) electrons. The van der Waals surface area contributed by atoms with Crippen LogP contribution in [-0.2, 0) is 0 Å². The van der Waals surface area contributed by atoms with Crippen molar-refractivity contribution in [2.75, 3.05) is 11.1 Å². The topological polar surface area (TPSA) is 85.6 Å². The molecule has 0 aliphatic heterocycles.